The molecule has 0 bridgehead atoms. The van der Waals surface area contributed by atoms with E-state index < -0.39 is 26.2 Å². The van der Waals surface area contributed by atoms with Crippen molar-refractivity contribution in [3.63, 3.8) is 0 Å². The van der Waals surface area contributed by atoms with Crippen molar-refractivity contribution < 1.29 is 31.9 Å². The van der Waals surface area contributed by atoms with Crippen LogP contribution in [0.3, 0.4) is 0 Å². The number of carbonyl (C=O) groups excluding carboxylic acids is 2. The molecular formula is C19H16N2O8S2. The molecule has 0 aromatic heterocycles. The van der Waals surface area contributed by atoms with Crippen molar-refractivity contribution in [2.75, 3.05) is 13.4 Å². The van der Waals surface area contributed by atoms with Crippen molar-refractivity contribution in [2.45, 2.75) is 6.54 Å². The molecule has 0 spiro atoms. The minimum atomic E-state index is -3.75. The molecule has 162 valence electrons. The highest BCUT2D eigenvalue weighted by atomic mass is 32.2. The summed E-state index contributed by atoms with van der Waals surface area (Å²) in [5.74, 6) is -0.374. The van der Waals surface area contributed by atoms with E-state index in [0.29, 0.717) is 11.1 Å². The molecule has 1 aliphatic rings. The Morgan fingerprint density at radius 3 is 2.39 bits per heavy atom. The van der Waals surface area contributed by atoms with E-state index in [1.54, 1.807) is 0 Å². The van der Waals surface area contributed by atoms with Crippen LogP contribution in [0.15, 0.2) is 47.4 Å². The quantitative estimate of drug-likeness (QED) is 0.262. The highest BCUT2D eigenvalue weighted by Gasteiger charge is 2.35. The average molecular weight is 464 g/mol. The van der Waals surface area contributed by atoms with E-state index >= 15 is 0 Å². The fraction of sp³-hybridized carbons (Fsp3) is 0.158. The van der Waals surface area contributed by atoms with Crippen LogP contribution >= 0.6 is 11.8 Å². The molecule has 12 heteroatoms. The molecule has 3 rings (SSSR count). The molecule has 0 unspecified atom stereocenters. The number of nitro groups is 1. The van der Waals surface area contributed by atoms with Crippen LogP contribution in [0.4, 0.5) is 10.5 Å². The fourth-order valence-electron chi connectivity index (χ4n) is 2.70. The summed E-state index contributed by atoms with van der Waals surface area (Å²) in [4.78, 5) is 36.4. The number of hydrogen-bond donors (Lipinski definition) is 0. The van der Waals surface area contributed by atoms with Crippen molar-refractivity contribution in [3.05, 3.63) is 68.6 Å². The summed E-state index contributed by atoms with van der Waals surface area (Å²) < 4.78 is 32.6. The van der Waals surface area contributed by atoms with Gasteiger partial charge < -0.3 is 8.92 Å². The van der Waals surface area contributed by atoms with Gasteiger partial charge in [0.15, 0.2) is 11.5 Å². The molecule has 0 atom stereocenters. The fourth-order valence-corrected chi connectivity index (χ4v) is 4.00. The van der Waals surface area contributed by atoms with Gasteiger partial charge in [-0.15, -0.1) is 0 Å². The van der Waals surface area contributed by atoms with Gasteiger partial charge in [0.1, 0.15) is 0 Å². The zero-order valence-corrected chi connectivity index (χ0v) is 17.9. The van der Waals surface area contributed by atoms with E-state index in [-0.39, 0.29) is 28.6 Å². The smallest absolute Gasteiger partial charge is 0.306 e. The predicted octanol–water partition coefficient (Wildman–Crippen LogP) is 3.18. The Bertz CT molecular complexity index is 1190. The third kappa shape index (κ3) is 5.41. The summed E-state index contributed by atoms with van der Waals surface area (Å²) >= 11 is 0.754. The third-order valence-electron chi connectivity index (χ3n) is 4.09. The molecule has 0 radical (unpaired) electrons. The van der Waals surface area contributed by atoms with Crippen LogP contribution in [0.5, 0.6) is 11.5 Å². The molecule has 1 saturated heterocycles. The Balaban J connectivity index is 1.80. The van der Waals surface area contributed by atoms with Crippen LogP contribution < -0.4 is 8.92 Å². The van der Waals surface area contributed by atoms with Crippen LogP contribution in [-0.4, -0.2) is 42.8 Å². The molecule has 31 heavy (non-hydrogen) atoms. The zero-order valence-electron chi connectivity index (χ0n) is 16.3. The van der Waals surface area contributed by atoms with E-state index in [0.717, 1.165) is 22.9 Å². The molecule has 2 amide bonds. The van der Waals surface area contributed by atoms with E-state index in [9.17, 15) is 28.1 Å². The van der Waals surface area contributed by atoms with Gasteiger partial charge in [-0.25, -0.2) is 0 Å². The summed E-state index contributed by atoms with van der Waals surface area (Å²) in [5, 5.41) is 10.3. The van der Waals surface area contributed by atoms with Gasteiger partial charge in [0.2, 0.25) is 0 Å². The summed E-state index contributed by atoms with van der Waals surface area (Å²) in [5.41, 5.74) is 0.978. The Morgan fingerprint density at radius 1 is 1.13 bits per heavy atom. The van der Waals surface area contributed by atoms with Crippen molar-refractivity contribution in [3.8, 4) is 11.5 Å². The molecule has 0 N–H and O–H groups in total. The topological polar surface area (TPSA) is 133 Å². The number of nitrogens with zero attached hydrogens (tertiary/aromatic N) is 2. The molecule has 10 nitrogen and oxygen atoms in total. The number of nitro benzene ring substituents is 1. The lowest BCUT2D eigenvalue weighted by Gasteiger charge is -2.12. The molecule has 1 aliphatic heterocycles. The van der Waals surface area contributed by atoms with Gasteiger partial charge in [-0.2, -0.15) is 8.42 Å². The first kappa shape index (κ1) is 22.3. The van der Waals surface area contributed by atoms with Gasteiger partial charge >= 0.3 is 10.1 Å². The Kier molecular flexibility index (Phi) is 6.32. The van der Waals surface area contributed by atoms with Crippen LogP contribution in [0, 0.1) is 10.1 Å². The first-order valence-electron chi connectivity index (χ1n) is 8.63. The molecule has 2 aromatic rings. The van der Waals surface area contributed by atoms with Crippen LogP contribution in [0.25, 0.3) is 6.08 Å². The average Bonchev–Trinajstić information content (AvgIpc) is 2.95. The highest BCUT2D eigenvalue weighted by molar-refractivity contribution is 8.18. The molecule has 1 heterocycles. The number of carbonyl (C=O) groups is 2. The maximum absolute atomic E-state index is 12.7. The number of hydrogen-bond acceptors (Lipinski definition) is 9. The number of methoxy groups -OCH3 is 1. The molecule has 0 saturated carbocycles. The second-order valence-electron chi connectivity index (χ2n) is 6.39. The van der Waals surface area contributed by atoms with Crippen molar-refractivity contribution in [1.82, 2.24) is 4.90 Å². The number of imide groups is 1. The zero-order chi connectivity index (χ0) is 22.8. The van der Waals surface area contributed by atoms with E-state index in [2.05, 4.69) is 0 Å². The summed E-state index contributed by atoms with van der Waals surface area (Å²) in [6, 6.07) is 9.95. The van der Waals surface area contributed by atoms with Crippen molar-refractivity contribution in [1.29, 1.82) is 0 Å². The van der Waals surface area contributed by atoms with E-state index in [1.165, 1.54) is 55.7 Å². The van der Waals surface area contributed by atoms with Crippen LogP contribution in [0.2, 0.25) is 0 Å². The largest absolute Gasteiger partial charge is 0.493 e. The number of thioether (sulfide) groups is 1. The second kappa shape index (κ2) is 8.78. The van der Waals surface area contributed by atoms with Crippen molar-refractivity contribution >= 4 is 44.8 Å². The maximum Gasteiger partial charge on any atom is 0.306 e. The first-order chi connectivity index (χ1) is 14.6. The summed E-state index contributed by atoms with van der Waals surface area (Å²) in [7, 11) is -2.41. The van der Waals surface area contributed by atoms with Gasteiger partial charge in [-0.1, -0.05) is 18.2 Å². The number of benzene rings is 2. The van der Waals surface area contributed by atoms with Crippen molar-refractivity contribution in [2.24, 2.45) is 0 Å². The van der Waals surface area contributed by atoms with Gasteiger partial charge in [0.05, 0.1) is 29.7 Å². The number of ether oxygens (including phenoxy) is 1. The lowest BCUT2D eigenvalue weighted by molar-refractivity contribution is -0.384. The Morgan fingerprint density at radius 2 is 1.81 bits per heavy atom. The molecule has 1 fully saturated rings. The minimum Gasteiger partial charge on any atom is -0.493 e. The van der Waals surface area contributed by atoms with E-state index in [4.69, 9.17) is 8.92 Å². The lowest BCUT2D eigenvalue weighted by atomic mass is 10.1. The SMILES string of the molecule is COc1cc(/C=C2\SC(=O)N(Cc3ccc([N+](=O)[O-])cc3)C2=O)ccc1OS(C)(=O)=O. The molecule has 0 aliphatic carbocycles. The predicted molar refractivity (Wildman–Crippen MR) is 113 cm³/mol. The summed E-state index contributed by atoms with van der Waals surface area (Å²) in [6.45, 7) is -0.0234. The van der Waals surface area contributed by atoms with Gasteiger partial charge in [-0.3, -0.25) is 24.6 Å². The van der Waals surface area contributed by atoms with Crippen LogP contribution in [0.1, 0.15) is 11.1 Å². The molecular weight excluding hydrogens is 448 g/mol. The maximum atomic E-state index is 12.7. The monoisotopic (exact) mass is 464 g/mol. The first-order valence-corrected chi connectivity index (χ1v) is 11.3. The standard InChI is InChI=1S/C19H16N2O8S2/c1-28-16-9-13(5-8-15(16)29-31(2,26)27)10-17-18(22)20(19(23)30-17)11-12-3-6-14(7-4-12)21(24)25/h3-10H,11H2,1-2H3/b17-10-. The number of rotatable bonds is 7. The van der Waals surface area contributed by atoms with Crippen LogP contribution in [-0.2, 0) is 21.5 Å². The van der Waals surface area contributed by atoms with E-state index in [1.807, 2.05) is 0 Å². The highest BCUT2D eigenvalue weighted by Crippen LogP contribution is 2.35. The third-order valence-corrected chi connectivity index (χ3v) is 5.48. The molecule has 2 aromatic carbocycles. The van der Waals surface area contributed by atoms with Gasteiger partial charge in [-0.05, 0) is 41.1 Å². The normalized spacial score (nSPS) is 15.4. The minimum absolute atomic E-state index is 0.00609. The Hall–Kier alpha value is -3.38. The lowest BCUT2D eigenvalue weighted by Crippen LogP contribution is -2.27. The van der Waals surface area contributed by atoms with Gasteiger partial charge in [0, 0.05) is 12.1 Å². The van der Waals surface area contributed by atoms with Gasteiger partial charge in [0.25, 0.3) is 16.8 Å². The second-order valence-corrected chi connectivity index (χ2v) is 8.96. The number of amides is 2. The Labute approximate surface area is 181 Å². The summed E-state index contributed by atoms with van der Waals surface area (Å²) in [6.07, 6.45) is 2.38. The number of non-ortho nitro benzene ring substituents is 1.